The van der Waals surface area contributed by atoms with E-state index in [0.29, 0.717) is 0 Å². The molecule has 11 N–H and O–H groups in total. The highest BCUT2D eigenvalue weighted by Crippen LogP contribution is 2.26. The second-order valence-electron chi connectivity index (χ2n) is 7.47. The smallest absolute Gasteiger partial charge is 0.327 e. The van der Waals surface area contributed by atoms with Crippen molar-refractivity contribution < 1.29 is 70.6 Å². The summed E-state index contributed by atoms with van der Waals surface area (Å²) in [6, 6.07) is 0. The zero-order valence-electron chi connectivity index (χ0n) is 21.3. The fourth-order valence-corrected chi connectivity index (χ4v) is 1.62. The van der Waals surface area contributed by atoms with Crippen LogP contribution >= 0.6 is 0 Å². The predicted octanol–water partition coefficient (Wildman–Crippen LogP) is -2.07. The van der Waals surface area contributed by atoms with Crippen LogP contribution in [0.2, 0.25) is 0 Å². The van der Waals surface area contributed by atoms with Crippen LogP contribution in [0.4, 0.5) is 0 Å². The van der Waals surface area contributed by atoms with Gasteiger partial charge in [0, 0.05) is 42.3 Å². The van der Waals surface area contributed by atoms with Crippen molar-refractivity contribution in [3.05, 3.63) is 38.0 Å². The molecule has 0 aliphatic rings. The Bertz CT molecular complexity index is 527. The van der Waals surface area contributed by atoms with Gasteiger partial charge in [0.2, 0.25) is 0 Å². The van der Waals surface area contributed by atoms with Crippen LogP contribution in [0.15, 0.2) is 38.0 Å². The number of carboxylic acids is 3. The molecule has 0 aliphatic heterocycles. The first-order chi connectivity index (χ1) is 17.1. The van der Waals surface area contributed by atoms with E-state index in [1.165, 1.54) is 0 Å². The number of hydrogen-bond acceptors (Lipinski definition) is 11. The fraction of sp³-hybridized carbons (Fsp3) is 0.609. The third kappa shape index (κ3) is 23.5. The summed E-state index contributed by atoms with van der Waals surface area (Å²) in [6.45, 7) is 10.0. The Morgan fingerprint density at radius 1 is 0.541 bits per heavy atom. The highest BCUT2D eigenvalue weighted by Gasteiger charge is 2.34. The average Bonchev–Trinajstić information content (AvgIpc) is 2.92. The predicted molar refractivity (Wildman–Crippen MR) is 133 cm³/mol. The molecule has 0 fully saturated rings. The van der Waals surface area contributed by atoms with E-state index in [4.69, 9.17) is 56.2 Å². The molecule has 0 radical (unpaired) electrons. The van der Waals surface area contributed by atoms with Crippen LogP contribution in [0.25, 0.3) is 0 Å². The topological polar surface area (TPSA) is 274 Å². The van der Waals surface area contributed by atoms with E-state index in [-0.39, 0.29) is 64.7 Å². The van der Waals surface area contributed by atoms with E-state index in [0.717, 1.165) is 18.2 Å². The summed E-state index contributed by atoms with van der Waals surface area (Å²) >= 11 is 0. The molecular weight excluding hydrogens is 500 g/mol. The molecule has 220 valence electrons. The van der Waals surface area contributed by atoms with Crippen LogP contribution in [0.1, 0.15) is 13.8 Å². The molecule has 0 heterocycles. The second-order valence-corrected chi connectivity index (χ2v) is 7.47. The molecule has 0 aliphatic carbocycles. The third-order valence-electron chi connectivity index (χ3n) is 5.05. The summed E-state index contributed by atoms with van der Waals surface area (Å²) < 4.78 is 0. The highest BCUT2D eigenvalue weighted by molar-refractivity contribution is 5.79. The van der Waals surface area contributed by atoms with E-state index in [2.05, 4.69) is 19.7 Å². The van der Waals surface area contributed by atoms with Crippen molar-refractivity contribution in [1.29, 1.82) is 0 Å². The van der Waals surface area contributed by atoms with Crippen molar-refractivity contribution in [2.24, 2.45) is 22.7 Å². The first-order valence-electron chi connectivity index (χ1n) is 10.6. The zero-order chi connectivity index (χ0) is 30.7. The molecule has 0 rings (SSSR count). The number of hydrogen-bond donors (Lipinski definition) is 11. The Kier molecular flexibility index (Phi) is 33.4. The van der Waals surface area contributed by atoms with Gasteiger partial charge in [-0.25, -0.2) is 14.4 Å². The van der Waals surface area contributed by atoms with Crippen LogP contribution < -0.4 is 0 Å². The van der Waals surface area contributed by atoms with E-state index in [1.807, 2.05) is 0 Å². The van der Waals surface area contributed by atoms with Crippen LogP contribution in [-0.4, -0.2) is 127 Å². The Hall–Kier alpha value is -2.69. The van der Waals surface area contributed by atoms with Gasteiger partial charge in [0.05, 0.1) is 39.6 Å². The SMILES string of the molecule is C=CC(=O)O.C=CC(=O)O.C=CC(=O)O.CC(CO)C(CO)(CO)CO.CC(CO)C(CO)(CO)CO. The largest absolute Gasteiger partial charge is 0.478 e. The minimum absolute atomic E-state index is 0.151. The fourth-order valence-electron chi connectivity index (χ4n) is 1.62. The molecule has 0 saturated heterocycles. The average molecular weight is 545 g/mol. The summed E-state index contributed by atoms with van der Waals surface area (Å²) in [7, 11) is 0. The number of rotatable bonds is 13. The molecule has 2 atom stereocenters. The van der Waals surface area contributed by atoms with E-state index in [9.17, 15) is 14.4 Å². The standard InChI is InChI=1S/2C7H16O4.3C3H4O2/c2*1-6(2-8)7(3-9,4-10)5-11;3*1-2-3(4)5/h2*6,8-11H,2-5H2,1H3;3*2H,1H2,(H,4,5). The van der Waals surface area contributed by atoms with Gasteiger partial charge in [0.1, 0.15) is 0 Å². The van der Waals surface area contributed by atoms with Crippen molar-refractivity contribution in [1.82, 2.24) is 0 Å². The number of carboxylic acid groups (broad SMARTS) is 3. The van der Waals surface area contributed by atoms with E-state index in [1.54, 1.807) is 13.8 Å². The maximum atomic E-state index is 9.25. The molecule has 0 spiro atoms. The number of carbonyl (C=O) groups is 3. The van der Waals surface area contributed by atoms with Gasteiger partial charge < -0.3 is 56.2 Å². The molecule has 0 aromatic heterocycles. The molecule has 0 saturated carbocycles. The molecule has 37 heavy (non-hydrogen) atoms. The molecular formula is C23H44O14. The number of aliphatic hydroxyl groups is 8. The quantitative estimate of drug-likeness (QED) is 0.111. The first-order valence-corrected chi connectivity index (χ1v) is 10.6. The summed E-state index contributed by atoms with van der Waals surface area (Å²) in [5.74, 6) is -3.55. The van der Waals surface area contributed by atoms with Crippen LogP contribution in [-0.2, 0) is 14.4 Å². The van der Waals surface area contributed by atoms with Gasteiger partial charge in [-0.2, -0.15) is 0 Å². The maximum absolute atomic E-state index is 9.25. The van der Waals surface area contributed by atoms with Gasteiger partial charge in [-0.05, 0) is 11.8 Å². The lowest BCUT2D eigenvalue weighted by Gasteiger charge is -2.32. The lowest BCUT2D eigenvalue weighted by atomic mass is 9.79. The molecule has 0 aromatic rings. The van der Waals surface area contributed by atoms with Crippen molar-refractivity contribution in [3.63, 3.8) is 0 Å². The number of aliphatic hydroxyl groups excluding tert-OH is 8. The van der Waals surface area contributed by atoms with Crippen molar-refractivity contribution in [3.8, 4) is 0 Å². The Morgan fingerprint density at radius 3 is 0.703 bits per heavy atom. The van der Waals surface area contributed by atoms with Crippen LogP contribution in [0.5, 0.6) is 0 Å². The van der Waals surface area contributed by atoms with Crippen LogP contribution in [0, 0.1) is 22.7 Å². The second kappa shape index (κ2) is 27.9. The van der Waals surface area contributed by atoms with E-state index < -0.39 is 28.7 Å². The van der Waals surface area contributed by atoms with E-state index >= 15 is 0 Å². The molecule has 14 heteroatoms. The lowest BCUT2D eigenvalue weighted by Crippen LogP contribution is -2.41. The monoisotopic (exact) mass is 544 g/mol. The summed E-state index contributed by atoms with van der Waals surface area (Å²) in [4.78, 5) is 27.8. The number of aliphatic carboxylic acids is 3. The normalized spacial score (nSPS) is 11.5. The van der Waals surface area contributed by atoms with Crippen LogP contribution in [0.3, 0.4) is 0 Å². The summed E-state index contributed by atoms with van der Waals surface area (Å²) in [5.41, 5.74) is -1.90. The van der Waals surface area contributed by atoms with Gasteiger partial charge in [-0.3, -0.25) is 0 Å². The van der Waals surface area contributed by atoms with Gasteiger partial charge in [-0.1, -0.05) is 33.6 Å². The molecule has 2 unspecified atom stereocenters. The molecule has 0 amide bonds. The van der Waals surface area contributed by atoms with Gasteiger partial charge in [0.25, 0.3) is 0 Å². The van der Waals surface area contributed by atoms with Crippen molar-refractivity contribution in [2.75, 3.05) is 52.9 Å². The summed E-state index contributed by atoms with van der Waals surface area (Å²) in [5, 5.41) is 93.4. The lowest BCUT2D eigenvalue weighted by molar-refractivity contribution is -0.132. The third-order valence-corrected chi connectivity index (χ3v) is 5.05. The minimum atomic E-state index is -0.981. The van der Waals surface area contributed by atoms with Gasteiger partial charge >= 0.3 is 17.9 Å². The first kappa shape index (κ1) is 44.3. The molecule has 0 bridgehead atoms. The minimum Gasteiger partial charge on any atom is -0.478 e. The summed E-state index contributed by atoms with van der Waals surface area (Å²) in [6.07, 6.45) is 2.50. The van der Waals surface area contributed by atoms with Gasteiger partial charge in [-0.15, -0.1) is 0 Å². The Balaban J connectivity index is -0.000000122. The van der Waals surface area contributed by atoms with Crippen molar-refractivity contribution >= 4 is 17.9 Å². The zero-order valence-corrected chi connectivity index (χ0v) is 21.3. The van der Waals surface area contributed by atoms with Crippen molar-refractivity contribution in [2.45, 2.75) is 13.8 Å². The van der Waals surface area contributed by atoms with Gasteiger partial charge in [0.15, 0.2) is 0 Å². The highest BCUT2D eigenvalue weighted by atomic mass is 16.4. The maximum Gasteiger partial charge on any atom is 0.327 e. The Labute approximate surface area is 216 Å². The molecule has 14 nitrogen and oxygen atoms in total. The molecule has 0 aromatic carbocycles. The Morgan fingerprint density at radius 2 is 0.676 bits per heavy atom.